The summed E-state index contributed by atoms with van der Waals surface area (Å²) in [6, 6.07) is 3.62. The second-order valence-electron chi connectivity index (χ2n) is 16.8. The number of carbonyl (C=O) groups excluding carboxylic acids is 1. The molecule has 0 saturated carbocycles. The molecule has 6 heterocycles. The zero-order chi connectivity index (χ0) is 37.1. The number of fused-ring (bicyclic) bond motifs is 9. The number of ether oxygens (including phenoxy) is 2. The van der Waals surface area contributed by atoms with E-state index in [9.17, 15) is 25.2 Å². The second-order valence-corrected chi connectivity index (χ2v) is 16.8. The van der Waals surface area contributed by atoms with Gasteiger partial charge in [-0.05, 0) is 93.0 Å². The molecular weight excluding hydrogens is 676 g/mol. The largest absolute Gasteiger partial charge is 0.504 e. The number of nitrogens with two attached hydrogens (primary N) is 1. The van der Waals surface area contributed by atoms with Gasteiger partial charge >= 0.3 is 5.97 Å². The molecule has 13 heteroatoms. The van der Waals surface area contributed by atoms with Gasteiger partial charge in [0.15, 0.2) is 17.5 Å². The van der Waals surface area contributed by atoms with Crippen LogP contribution in [0.1, 0.15) is 75.8 Å². The minimum absolute atomic E-state index is 0.0177. The maximum atomic E-state index is 12.7. The molecule has 3 fully saturated rings. The Bertz CT molecular complexity index is 1530. The monoisotopic (exact) mass is 736 g/mol. The first-order valence-corrected chi connectivity index (χ1v) is 20.0. The lowest BCUT2D eigenvalue weighted by Crippen LogP contribution is -2.56. The Kier molecular flexibility index (Phi) is 12.0. The summed E-state index contributed by atoms with van der Waals surface area (Å²) < 4.78 is 12.5. The number of esters is 1. The van der Waals surface area contributed by atoms with Crippen molar-refractivity contribution in [1.82, 2.24) is 20.4 Å². The molecule has 1 aliphatic carbocycles. The van der Waals surface area contributed by atoms with Gasteiger partial charge in [0.2, 0.25) is 0 Å². The molecule has 1 spiro atoms. The van der Waals surface area contributed by atoms with Gasteiger partial charge in [0, 0.05) is 70.5 Å². The summed E-state index contributed by atoms with van der Waals surface area (Å²) in [5.41, 5.74) is 6.86. The van der Waals surface area contributed by atoms with Crippen molar-refractivity contribution in [2.75, 3.05) is 52.5 Å². The van der Waals surface area contributed by atoms with Crippen molar-refractivity contribution in [1.29, 1.82) is 0 Å². The number of guanidine groups is 1. The number of carbonyl (C=O) groups is 1. The highest BCUT2D eigenvalue weighted by Gasteiger charge is 2.43. The normalized spacial score (nSPS) is 39.2. The predicted octanol–water partition coefficient (Wildman–Crippen LogP) is 1.30. The molecule has 2 unspecified atom stereocenters. The zero-order valence-corrected chi connectivity index (χ0v) is 31.2. The first-order valence-electron chi connectivity index (χ1n) is 20.0. The van der Waals surface area contributed by atoms with Crippen molar-refractivity contribution in [3.05, 3.63) is 23.3 Å². The molecule has 8 N–H and O–H groups in total. The van der Waals surface area contributed by atoms with Crippen LogP contribution in [0.2, 0.25) is 0 Å². The van der Waals surface area contributed by atoms with Gasteiger partial charge in [0.05, 0.1) is 30.9 Å². The van der Waals surface area contributed by atoms with Crippen LogP contribution in [-0.2, 0) is 22.6 Å². The van der Waals surface area contributed by atoms with E-state index in [4.69, 9.17) is 20.2 Å². The van der Waals surface area contributed by atoms with Gasteiger partial charge in [-0.2, -0.15) is 0 Å². The third kappa shape index (κ3) is 9.23. The van der Waals surface area contributed by atoms with Gasteiger partial charge < -0.3 is 51.2 Å². The van der Waals surface area contributed by atoms with Crippen molar-refractivity contribution in [3.8, 4) is 23.3 Å². The number of hydrogen-bond donors (Lipinski definition) is 7. The van der Waals surface area contributed by atoms with E-state index in [2.05, 4.69) is 32.3 Å². The molecule has 292 valence electrons. The highest BCUT2D eigenvalue weighted by atomic mass is 16.5. The third-order valence-corrected chi connectivity index (χ3v) is 12.8. The number of hydrogen-bond acceptors (Lipinski definition) is 13. The fourth-order valence-corrected chi connectivity index (χ4v) is 10.1. The maximum Gasteiger partial charge on any atom is 0.302 e. The van der Waals surface area contributed by atoms with Gasteiger partial charge in [0.25, 0.3) is 0 Å². The van der Waals surface area contributed by atoms with Gasteiger partial charge in [-0.15, -0.1) is 0 Å². The van der Waals surface area contributed by atoms with Crippen molar-refractivity contribution in [2.45, 2.75) is 108 Å². The first-order chi connectivity index (χ1) is 25.6. The van der Waals surface area contributed by atoms with Crippen LogP contribution >= 0.6 is 0 Å². The Morgan fingerprint density at radius 3 is 2.64 bits per heavy atom. The summed E-state index contributed by atoms with van der Waals surface area (Å²) in [7, 11) is 0. The summed E-state index contributed by atoms with van der Waals surface area (Å²) in [6.45, 7) is 6.96. The van der Waals surface area contributed by atoms with Crippen LogP contribution in [0.3, 0.4) is 0 Å². The number of nitrogens with one attached hydrogen (secondary N) is 2. The van der Waals surface area contributed by atoms with Crippen LogP contribution in [0.4, 0.5) is 0 Å². The summed E-state index contributed by atoms with van der Waals surface area (Å²) in [5.74, 6) is 7.97. The van der Waals surface area contributed by atoms with E-state index in [-0.39, 0.29) is 49.3 Å². The quantitative estimate of drug-likeness (QED) is 0.171. The number of nitrogens with zero attached hydrogens (tertiary/aromatic N) is 3. The van der Waals surface area contributed by atoms with Crippen molar-refractivity contribution >= 4 is 11.9 Å². The van der Waals surface area contributed by atoms with E-state index in [1.807, 2.05) is 6.07 Å². The van der Waals surface area contributed by atoms with E-state index >= 15 is 0 Å². The topological polar surface area (TPSA) is 185 Å². The fourth-order valence-electron chi connectivity index (χ4n) is 10.1. The van der Waals surface area contributed by atoms with Gasteiger partial charge in [0.1, 0.15) is 12.2 Å². The average molecular weight is 737 g/mol. The van der Waals surface area contributed by atoms with Crippen LogP contribution in [0, 0.1) is 40.9 Å². The Labute approximate surface area is 313 Å². The average Bonchev–Trinajstić information content (AvgIpc) is 3.13. The Morgan fingerprint density at radius 2 is 1.87 bits per heavy atom. The number of piperidine rings is 3. The number of benzene rings is 1. The maximum absolute atomic E-state index is 12.7. The lowest BCUT2D eigenvalue weighted by Gasteiger charge is -2.47. The summed E-state index contributed by atoms with van der Waals surface area (Å²) >= 11 is 0. The number of phenolic OH excluding ortho intramolecular Hbond substituents is 1. The molecule has 8 rings (SSSR count). The van der Waals surface area contributed by atoms with Gasteiger partial charge in [-0.25, -0.2) is 4.99 Å². The Hall–Kier alpha value is -3.12. The Morgan fingerprint density at radius 1 is 1.08 bits per heavy atom. The molecule has 3 saturated heterocycles. The van der Waals surface area contributed by atoms with Crippen molar-refractivity contribution < 1.29 is 34.7 Å². The van der Waals surface area contributed by atoms with E-state index in [0.717, 1.165) is 64.0 Å². The van der Waals surface area contributed by atoms with Crippen molar-refractivity contribution in [2.24, 2.45) is 39.8 Å². The predicted molar refractivity (Wildman–Crippen MR) is 200 cm³/mol. The molecule has 12 atom stereocenters. The lowest BCUT2D eigenvalue weighted by atomic mass is 9.72. The molecular formula is C40H60N6O7. The smallest absolute Gasteiger partial charge is 0.302 e. The zero-order valence-electron chi connectivity index (χ0n) is 31.2. The molecule has 0 amide bonds. The van der Waals surface area contributed by atoms with Gasteiger partial charge in [-0.3, -0.25) is 9.69 Å². The molecule has 0 radical (unpaired) electrons. The highest BCUT2D eigenvalue weighted by Crippen LogP contribution is 2.40. The lowest BCUT2D eigenvalue weighted by molar-refractivity contribution is -0.152. The molecule has 8 bridgehead atoms. The number of aliphatic hydroxyl groups excluding tert-OH is 3. The standard InChI is InChI=1S/C40H60N6O7/c1-25(48)52-36-16-32(49)6-9-40(23-43-39(41)44-24-46-19-26-11-27(20-46)18-45(17-26)21-38(40)51)8-5-28-3-2-4-31-15-33(7-10-42-31)53-37-14-29(12-34(28)36)30(22-47)13-35(37)50/h13-14,26-28,31-34,36,38,42,47,49-51H,2-4,6-7,9-12,15-24H2,1H3,(H3,41,43,44)/t26-,27+,28-,31-,32+,33+,34+,36+,38-,40-/m1/s1. The fraction of sp³-hybridized carbons (Fsp3) is 0.750. The third-order valence-electron chi connectivity index (χ3n) is 12.8. The molecule has 13 nitrogen and oxygen atoms in total. The minimum Gasteiger partial charge on any atom is -0.504 e. The summed E-state index contributed by atoms with van der Waals surface area (Å²) in [6.07, 6.45) is 4.25. The van der Waals surface area contributed by atoms with E-state index in [1.54, 1.807) is 6.07 Å². The van der Waals surface area contributed by atoms with Crippen LogP contribution in [-0.4, -0.2) is 125 Å². The number of phenols is 1. The molecule has 6 aliphatic heterocycles. The van der Waals surface area contributed by atoms with E-state index < -0.39 is 29.7 Å². The first kappa shape index (κ1) is 38.2. The molecule has 0 aromatic heterocycles. The number of aliphatic imine (C=N–C) groups is 1. The van der Waals surface area contributed by atoms with E-state index in [1.165, 1.54) is 13.3 Å². The number of aromatic hydroxyl groups is 1. The number of rotatable bonds is 2. The van der Waals surface area contributed by atoms with Crippen LogP contribution in [0.5, 0.6) is 11.5 Å². The van der Waals surface area contributed by atoms with Crippen molar-refractivity contribution in [3.63, 3.8) is 0 Å². The van der Waals surface area contributed by atoms with E-state index in [0.29, 0.717) is 68.0 Å². The minimum atomic E-state index is -0.945. The highest BCUT2D eigenvalue weighted by molar-refractivity contribution is 5.77. The van der Waals surface area contributed by atoms with Crippen LogP contribution < -0.4 is 21.1 Å². The van der Waals surface area contributed by atoms with Gasteiger partial charge in [-0.1, -0.05) is 18.3 Å². The SMILES string of the molecule is CC(=O)O[C@H]1C[C@@H](O)CC[C@]2(C#C[C@H]3CCC[C@@H]4C[C@H](CCN4)Oc4cc(c(CO)cc4O)C[C@H]13)CNC(N)=NCN1C[C@H]3C[C@@H](C1)CN(C3)C[C@H]2O. The summed E-state index contributed by atoms with van der Waals surface area (Å²) in [5, 5.41) is 52.5. The molecule has 53 heavy (non-hydrogen) atoms. The van der Waals surface area contributed by atoms with Crippen LogP contribution in [0.25, 0.3) is 0 Å². The second kappa shape index (κ2) is 16.7. The number of aliphatic hydroxyl groups is 3. The molecule has 7 aliphatic rings. The van der Waals surface area contributed by atoms with Crippen LogP contribution in [0.15, 0.2) is 17.1 Å². The Balaban J connectivity index is 1.30. The molecule has 1 aromatic rings. The molecule has 1 aromatic carbocycles. The summed E-state index contributed by atoms with van der Waals surface area (Å²) in [4.78, 5) is 22.1.